The van der Waals surface area contributed by atoms with Gasteiger partial charge in [-0.2, -0.15) is 8.42 Å². The topological polar surface area (TPSA) is 82.2 Å². The van der Waals surface area contributed by atoms with Crippen LogP contribution in [0.4, 0.5) is 11.4 Å². The van der Waals surface area contributed by atoms with E-state index in [4.69, 9.17) is 4.74 Å². The number of likely N-dealkylation sites (N-methyl/N-ethyl adjacent to an activating group) is 1. The molecule has 5 rings (SSSR count). The molecule has 9 heteroatoms. The van der Waals surface area contributed by atoms with Crippen molar-refractivity contribution in [3.63, 3.8) is 0 Å². The van der Waals surface area contributed by atoms with Gasteiger partial charge < -0.3 is 14.5 Å². The van der Waals surface area contributed by atoms with Gasteiger partial charge in [0.25, 0.3) is 5.91 Å². The number of nitrogens with zero attached hydrogens (tertiary/aromatic N) is 3. The Morgan fingerprint density at radius 3 is 2.61 bits per heavy atom. The molecule has 0 spiro atoms. The van der Waals surface area contributed by atoms with Crippen molar-refractivity contribution < 1.29 is 17.9 Å². The minimum Gasteiger partial charge on any atom is -0.483 e. The normalized spacial score (nSPS) is 19.6. The standard InChI is InChI=1S/C24H30N4O4S/c1-26(21(16-27-13-5-6-14-27)18-8-3-2-4-9-18)23(29)17-32-22-12-11-20-24-19(22)10-7-15-28(24)33(30,31)25-20/h2-4,8-9,11-12,21,25H,5-7,10,13-17H2,1H3. The highest BCUT2D eigenvalue weighted by Gasteiger charge is 2.38. The molecular formula is C24H30N4O4S. The summed E-state index contributed by atoms with van der Waals surface area (Å²) in [6, 6.07) is 13.6. The predicted molar refractivity (Wildman–Crippen MR) is 128 cm³/mol. The maximum Gasteiger partial charge on any atom is 0.324 e. The van der Waals surface area contributed by atoms with Crippen LogP contribution in [-0.4, -0.2) is 64.0 Å². The second kappa shape index (κ2) is 8.87. The van der Waals surface area contributed by atoms with Crippen LogP contribution >= 0.6 is 0 Å². The summed E-state index contributed by atoms with van der Waals surface area (Å²) in [6.45, 7) is 3.29. The molecule has 0 saturated carbocycles. The molecule has 3 aliphatic rings. The molecule has 0 aromatic heterocycles. The van der Waals surface area contributed by atoms with Crippen LogP contribution in [0.5, 0.6) is 5.75 Å². The van der Waals surface area contributed by atoms with Crippen molar-refractivity contribution in [2.24, 2.45) is 0 Å². The highest BCUT2D eigenvalue weighted by Crippen LogP contribution is 2.45. The van der Waals surface area contributed by atoms with Crippen LogP contribution in [0, 0.1) is 0 Å². The number of amides is 1. The molecular weight excluding hydrogens is 440 g/mol. The zero-order chi connectivity index (χ0) is 23.0. The fourth-order valence-corrected chi connectivity index (χ4v) is 6.43. The van der Waals surface area contributed by atoms with Gasteiger partial charge in [0.2, 0.25) is 0 Å². The lowest BCUT2D eigenvalue weighted by atomic mass is 10.0. The van der Waals surface area contributed by atoms with E-state index in [9.17, 15) is 13.2 Å². The summed E-state index contributed by atoms with van der Waals surface area (Å²) in [4.78, 5) is 17.4. The molecule has 1 atom stereocenters. The van der Waals surface area contributed by atoms with Crippen LogP contribution in [0.15, 0.2) is 42.5 Å². The van der Waals surface area contributed by atoms with Crippen LogP contribution in [-0.2, 0) is 21.4 Å². The molecule has 1 amide bonds. The Labute approximate surface area is 195 Å². The summed E-state index contributed by atoms with van der Waals surface area (Å²) in [6.07, 6.45) is 3.83. The maximum atomic E-state index is 13.2. The molecule has 1 unspecified atom stereocenters. The summed E-state index contributed by atoms with van der Waals surface area (Å²) >= 11 is 0. The number of carbonyl (C=O) groups excluding carboxylic acids is 1. The van der Waals surface area contributed by atoms with Crippen molar-refractivity contribution in [1.82, 2.24) is 9.80 Å². The molecule has 1 fully saturated rings. The van der Waals surface area contributed by atoms with Gasteiger partial charge in [-0.15, -0.1) is 0 Å². The van der Waals surface area contributed by atoms with E-state index >= 15 is 0 Å². The summed E-state index contributed by atoms with van der Waals surface area (Å²) in [5, 5.41) is 0. The molecule has 1 saturated heterocycles. The van der Waals surface area contributed by atoms with Crippen LogP contribution in [0.1, 0.15) is 36.4 Å². The SMILES string of the molecule is CN(C(=O)COc1ccc2c3c1CCCN3S(=O)(=O)N2)C(CN1CCCC1)c1ccccc1. The summed E-state index contributed by atoms with van der Waals surface area (Å²) in [7, 11) is -1.70. The third kappa shape index (κ3) is 4.27. The zero-order valence-electron chi connectivity index (χ0n) is 18.9. The zero-order valence-corrected chi connectivity index (χ0v) is 19.7. The summed E-state index contributed by atoms with van der Waals surface area (Å²) in [5.74, 6) is 0.476. The van der Waals surface area contributed by atoms with Gasteiger partial charge in [0.05, 0.1) is 17.4 Å². The minimum absolute atomic E-state index is 0.0522. The number of nitrogens with one attached hydrogen (secondary N) is 1. The first kappa shape index (κ1) is 22.0. The van der Waals surface area contributed by atoms with Gasteiger partial charge in [-0.25, -0.2) is 0 Å². The first-order valence-electron chi connectivity index (χ1n) is 11.6. The van der Waals surface area contributed by atoms with Crippen molar-refractivity contribution >= 4 is 27.5 Å². The van der Waals surface area contributed by atoms with Crippen LogP contribution in [0.2, 0.25) is 0 Å². The molecule has 176 valence electrons. The Balaban J connectivity index is 1.32. The molecule has 2 aromatic rings. The number of benzene rings is 2. The van der Waals surface area contributed by atoms with E-state index in [1.807, 2.05) is 25.2 Å². The lowest BCUT2D eigenvalue weighted by Gasteiger charge is -2.32. The van der Waals surface area contributed by atoms with Gasteiger partial charge in [0.1, 0.15) is 5.75 Å². The lowest BCUT2D eigenvalue weighted by Crippen LogP contribution is -2.40. The van der Waals surface area contributed by atoms with E-state index in [0.717, 1.165) is 37.2 Å². The number of hydrogen-bond donors (Lipinski definition) is 1. The van der Waals surface area contributed by atoms with Crippen LogP contribution < -0.4 is 13.8 Å². The average Bonchev–Trinajstić information content (AvgIpc) is 3.43. The molecule has 3 heterocycles. The third-order valence-corrected chi connectivity index (χ3v) is 8.26. The molecule has 0 radical (unpaired) electrons. The number of likely N-dealkylation sites (tertiary alicyclic amines) is 1. The first-order valence-corrected chi connectivity index (χ1v) is 13.0. The van der Waals surface area contributed by atoms with E-state index in [0.29, 0.717) is 30.1 Å². The molecule has 0 bridgehead atoms. The lowest BCUT2D eigenvalue weighted by molar-refractivity contribution is -0.134. The van der Waals surface area contributed by atoms with E-state index in [-0.39, 0.29) is 18.6 Å². The van der Waals surface area contributed by atoms with Gasteiger partial charge in [-0.05, 0) is 56.5 Å². The number of hydrogen-bond acceptors (Lipinski definition) is 5. The van der Waals surface area contributed by atoms with Crippen LogP contribution in [0.3, 0.4) is 0 Å². The predicted octanol–water partition coefficient (Wildman–Crippen LogP) is 2.78. The van der Waals surface area contributed by atoms with E-state index in [2.05, 4.69) is 21.8 Å². The van der Waals surface area contributed by atoms with E-state index in [1.165, 1.54) is 17.1 Å². The fraction of sp³-hybridized carbons (Fsp3) is 0.458. The van der Waals surface area contributed by atoms with Crippen molar-refractivity contribution in [3.8, 4) is 5.75 Å². The molecule has 3 aliphatic heterocycles. The van der Waals surface area contributed by atoms with Crippen molar-refractivity contribution in [2.75, 3.05) is 48.9 Å². The fourth-order valence-electron chi connectivity index (χ4n) is 5.06. The third-order valence-electron chi connectivity index (χ3n) is 6.83. The molecule has 2 aromatic carbocycles. The quantitative estimate of drug-likeness (QED) is 0.673. The van der Waals surface area contributed by atoms with Crippen molar-refractivity contribution in [1.29, 1.82) is 0 Å². The second-order valence-corrected chi connectivity index (χ2v) is 10.5. The summed E-state index contributed by atoms with van der Waals surface area (Å²) < 4.78 is 34.7. The number of ether oxygens (including phenoxy) is 1. The van der Waals surface area contributed by atoms with Gasteiger partial charge in [-0.3, -0.25) is 13.8 Å². The molecule has 33 heavy (non-hydrogen) atoms. The largest absolute Gasteiger partial charge is 0.483 e. The number of anilines is 2. The number of rotatable bonds is 7. The maximum absolute atomic E-state index is 13.2. The highest BCUT2D eigenvalue weighted by molar-refractivity contribution is 7.94. The van der Waals surface area contributed by atoms with Crippen molar-refractivity contribution in [2.45, 2.75) is 31.7 Å². The minimum atomic E-state index is -3.53. The Morgan fingerprint density at radius 2 is 1.85 bits per heavy atom. The van der Waals surface area contributed by atoms with E-state index in [1.54, 1.807) is 17.0 Å². The smallest absolute Gasteiger partial charge is 0.324 e. The van der Waals surface area contributed by atoms with E-state index < -0.39 is 10.2 Å². The van der Waals surface area contributed by atoms with Gasteiger partial charge in [0.15, 0.2) is 6.61 Å². The molecule has 0 aliphatic carbocycles. The highest BCUT2D eigenvalue weighted by atomic mass is 32.2. The van der Waals surface area contributed by atoms with Gasteiger partial charge in [0, 0.05) is 25.7 Å². The number of carbonyl (C=O) groups is 1. The average molecular weight is 471 g/mol. The Bertz CT molecular complexity index is 1130. The Morgan fingerprint density at radius 1 is 1.09 bits per heavy atom. The van der Waals surface area contributed by atoms with Crippen LogP contribution in [0.25, 0.3) is 0 Å². The molecule has 1 N–H and O–H groups in total. The monoisotopic (exact) mass is 470 g/mol. The Hall–Kier alpha value is -2.78. The molecule has 8 nitrogen and oxygen atoms in total. The van der Waals surface area contributed by atoms with Crippen molar-refractivity contribution in [3.05, 3.63) is 53.6 Å². The second-order valence-electron chi connectivity index (χ2n) is 8.95. The summed E-state index contributed by atoms with van der Waals surface area (Å²) in [5.41, 5.74) is 3.20. The first-order chi connectivity index (χ1) is 15.9. The van der Waals surface area contributed by atoms with Gasteiger partial charge in [-0.1, -0.05) is 30.3 Å². The van der Waals surface area contributed by atoms with Gasteiger partial charge >= 0.3 is 10.2 Å². The Kier molecular flexibility index (Phi) is 5.92.